The van der Waals surface area contributed by atoms with Crippen LogP contribution >= 0.6 is 15.9 Å². The first kappa shape index (κ1) is 26.7. The molecule has 3 rings (SSSR count). The number of amides is 1. The molecule has 1 aliphatic rings. The first-order chi connectivity index (χ1) is 15.9. The first-order valence-corrected chi connectivity index (χ1v) is 13.1. The fourth-order valence-corrected chi connectivity index (χ4v) is 5.56. The summed E-state index contributed by atoms with van der Waals surface area (Å²) in [5.74, 6) is -0.989. The number of aliphatic hydroxyl groups is 1. The number of hydrogen-bond donors (Lipinski definition) is 3. The maximum absolute atomic E-state index is 13.7. The molecule has 2 aromatic carbocycles. The number of fused-ring (bicyclic) bond motifs is 1. The zero-order chi connectivity index (χ0) is 25.0. The van der Waals surface area contributed by atoms with E-state index in [0.717, 1.165) is 33.1 Å². The highest BCUT2D eigenvalue weighted by Gasteiger charge is 2.29. The van der Waals surface area contributed by atoms with Gasteiger partial charge in [0.1, 0.15) is 17.2 Å². The predicted molar refractivity (Wildman–Crippen MR) is 130 cm³/mol. The van der Waals surface area contributed by atoms with Gasteiger partial charge >= 0.3 is 6.09 Å². The number of ether oxygens (including phenoxy) is 1. The Morgan fingerprint density at radius 3 is 2.56 bits per heavy atom. The van der Waals surface area contributed by atoms with Crippen LogP contribution in [0.5, 0.6) is 0 Å². The minimum Gasteiger partial charge on any atom is -0.444 e. The number of halogens is 3. The first-order valence-electron chi connectivity index (χ1n) is 10.9. The Morgan fingerprint density at radius 2 is 1.91 bits per heavy atom. The molecule has 0 fully saturated rings. The number of aliphatic hydroxyl groups excluding tert-OH is 1. The lowest BCUT2D eigenvalue weighted by molar-refractivity contribution is 0.0419. The lowest BCUT2D eigenvalue weighted by Crippen LogP contribution is -2.50. The monoisotopic (exact) mass is 558 g/mol. The molecule has 10 heteroatoms. The second-order valence-electron chi connectivity index (χ2n) is 9.28. The molecule has 4 atom stereocenters. The van der Waals surface area contributed by atoms with Gasteiger partial charge in [0.2, 0.25) is 0 Å². The molecular weight excluding hydrogens is 530 g/mol. The van der Waals surface area contributed by atoms with E-state index in [2.05, 4.69) is 26.6 Å². The van der Waals surface area contributed by atoms with Gasteiger partial charge in [-0.15, -0.1) is 0 Å². The molecule has 4 unspecified atom stereocenters. The lowest BCUT2D eigenvalue weighted by Gasteiger charge is -2.30. The maximum atomic E-state index is 13.7. The van der Waals surface area contributed by atoms with Crippen LogP contribution in [0.15, 0.2) is 45.8 Å². The van der Waals surface area contributed by atoms with Crippen molar-refractivity contribution in [2.24, 2.45) is 0 Å². The van der Waals surface area contributed by atoms with Gasteiger partial charge in [0.25, 0.3) is 0 Å². The molecule has 186 valence electrons. The average Bonchev–Trinajstić information content (AvgIpc) is 2.70. The number of benzene rings is 2. The molecule has 1 amide bonds. The summed E-state index contributed by atoms with van der Waals surface area (Å²) < 4.78 is 45.9. The van der Waals surface area contributed by atoms with E-state index in [4.69, 9.17) is 4.74 Å². The molecule has 3 N–H and O–H groups in total. The molecule has 0 bridgehead atoms. The zero-order valence-corrected chi connectivity index (χ0v) is 21.6. The lowest BCUT2D eigenvalue weighted by atomic mass is 9.99. The van der Waals surface area contributed by atoms with Crippen molar-refractivity contribution in [2.75, 3.05) is 12.3 Å². The van der Waals surface area contributed by atoms with E-state index in [1.807, 2.05) is 18.2 Å². The van der Waals surface area contributed by atoms with Crippen molar-refractivity contribution in [3.63, 3.8) is 0 Å². The van der Waals surface area contributed by atoms with E-state index >= 15 is 0 Å². The van der Waals surface area contributed by atoms with Crippen LogP contribution in [0.4, 0.5) is 13.6 Å². The number of nitrogens with one attached hydrogen (secondary N) is 2. The third-order valence-electron chi connectivity index (χ3n) is 5.30. The number of rotatable bonds is 7. The minimum absolute atomic E-state index is 0.00636. The summed E-state index contributed by atoms with van der Waals surface area (Å²) in [6, 6.07) is 7.65. The van der Waals surface area contributed by atoms with E-state index in [1.54, 1.807) is 20.8 Å². The van der Waals surface area contributed by atoms with Crippen LogP contribution in [0.2, 0.25) is 0 Å². The smallest absolute Gasteiger partial charge is 0.407 e. The number of carbonyl (C=O) groups is 1. The summed E-state index contributed by atoms with van der Waals surface area (Å²) in [6.07, 6.45) is -1.23. The molecule has 1 heterocycles. The molecule has 2 aromatic rings. The van der Waals surface area contributed by atoms with Gasteiger partial charge in [-0.25, -0.2) is 13.6 Å². The second-order valence-corrected chi connectivity index (χ2v) is 11.7. The summed E-state index contributed by atoms with van der Waals surface area (Å²) in [4.78, 5) is 13.1. The van der Waals surface area contributed by atoms with Crippen molar-refractivity contribution in [1.82, 2.24) is 10.6 Å². The molecule has 0 aliphatic carbocycles. The van der Waals surface area contributed by atoms with Crippen LogP contribution in [0.25, 0.3) is 0 Å². The molecule has 1 aliphatic heterocycles. The van der Waals surface area contributed by atoms with Crippen LogP contribution in [-0.2, 0) is 22.0 Å². The van der Waals surface area contributed by atoms with Crippen molar-refractivity contribution in [3.8, 4) is 0 Å². The van der Waals surface area contributed by atoms with E-state index in [0.29, 0.717) is 17.7 Å². The fourth-order valence-electron chi connectivity index (χ4n) is 3.83. The SMILES string of the molecule is CC(C)(C)OC(=O)NC(Cc1cc(F)cc(F)c1)C(O)CNC1CCS(=O)c2ccc(Br)cc21. The van der Waals surface area contributed by atoms with Gasteiger partial charge in [-0.3, -0.25) is 4.21 Å². The van der Waals surface area contributed by atoms with Crippen molar-refractivity contribution >= 4 is 32.8 Å². The average molecular weight is 559 g/mol. The van der Waals surface area contributed by atoms with Gasteiger partial charge in [0, 0.05) is 33.8 Å². The Morgan fingerprint density at radius 1 is 1.24 bits per heavy atom. The van der Waals surface area contributed by atoms with E-state index in [-0.39, 0.29) is 19.0 Å². The van der Waals surface area contributed by atoms with E-state index < -0.39 is 46.3 Å². The van der Waals surface area contributed by atoms with Gasteiger partial charge in [0.15, 0.2) is 0 Å². The highest BCUT2D eigenvalue weighted by Crippen LogP contribution is 2.32. The van der Waals surface area contributed by atoms with Crippen LogP contribution in [0, 0.1) is 11.6 Å². The van der Waals surface area contributed by atoms with Crippen LogP contribution in [0.3, 0.4) is 0 Å². The van der Waals surface area contributed by atoms with Crippen molar-refractivity contribution in [2.45, 2.75) is 62.3 Å². The van der Waals surface area contributed by atoms with Gasteiger partial charge in [-0.05, 0) is 75.1 Å². The van der Waals surface area contributed by atoms with Gasteiger partial charge < -0.3 is 20.5 Å². The van der Waals surface area contributed by atoms with Crippen molar-refractivity contribution < 1.29 is 27.6 Å². The third-order valence-corrected chi connectivity index (χ3v) is 7.26. The fraction of sp³-hybridized carbons (Fsp3) is 0.458. The Balaban J connectivity index is 1.75. The van der Waals surface area contributed by atoms with Crippen LogP contribution in [0.1, 0.15) is 44.4 Å². The quantitative estimate of drug-likeness (QED) is 0.469. The van der Waals surface area contributed by atoms with Gasteiger partial charge in [-0.1, -0.05) is 15.9 Å². The number of carbonyl (C=O) groups excluding carboxylic acids is 1. The molecule has 0 saturated carbocycles. The third kappa shape index (κ3) is 7.56. The topological polar surface area (TPSA) is 87.7 Å². The summed E-state index contributed by atoms with van der Waals surface area (Å²) in [7, 11) is -1.08. The normalized spacial score (nSPS) is 19.7. The summed E-state index contributed by atoms with van der Waals surface area (Å²) in [6.45, 7) is 5.22. The second kappa shape index (κ2) is 11.2. The molecule has 34 heavy (non-hydrogen) atoms. The molecule has 0 radical (unpaired) electrons. The minimum atomic E-state index is -1.10. The largest absolute Gasteiger partial charge is 0.444 e. The summed E-state index contributed by atoms with van der Waals surface area (Å²) in [5.41, 5.74) is 0.424. The van der Waals surface area contributed by atoms with Crippen molar-refractivity contribution in [3.05, 3.63) is 63.6 Å². The maximum Gasteiger partial charge on any atom is 0.407 e. The Labute approximate surface area is 209 Å². The predicted octanol–water partition coefficient (Wildman–Crippen LogP) is 4.37. The summed E-state index contributed by atoms with van der Waals surface area (Å²) >= 11 is 3.44. The number of hydrogen-bond acceptors (Lipinski definition) is 5. The van der Waals surface area contributed by atoms with Gasteiger partial charge in [-0.2, -0.15) is 0 Å². The van der Waals surface area contributed by atoms with Crippen LogP contribution in [-0.4, -0.2) is 45.5 Å². The number of alkyl carbamates (subject to hydrolysis) is 1. The highest BCUT2D eigenvalue weighted by molar-refractivity contribution is 9.10. The van der Waals surface area contributed by atoms with E-state index in [1.165, 1.54) is 0 Å². The summed E-state index contributed by atoms with van der Waals surface area (Å²) in [5, 5.41) is 16.9. The Bertz CT molecular complexity index is 1040. The van der Waals surface area contributed by atoms with E-state index in [9.17, 15) is 22.9 Å². The molecule has 6 nitrogen and oxygen atoms in total. The van der Waals surface area contributed by atoms with Crippen LogP contribution < -0.4 is 10.6 Å². The van der Waals surface area contributed by atoms with Crippen molar-refractivity contribution in [1.29, 1.82) is 0 Å². The molecule has 0 saturated heterocycles. The molecule has 0 aromatic heterocycles. The zero-order valence-electron chi connectivity index (χ0n) is 19.2. The van der Waals surface area contributed by atoms with Gasteiger partial charge in [0.05, 0.1) is 22.9 Å². The molecular formula is C24H29BrF2N2O4S. The Hall–Kier alpha value is -1.88. The highest BCUT2D eigenvalue weighted by atomic mass is 79.9. The molecule has 0 spiro atoms. The Kier molecular flexibility index (Phi) is 8.83. The standard InChI is InChI=1S/C24H29BrF2N2O4S/c1-24(2,3)33-23(31)29-20(10-14-8-16(26)12-17(27)9-14)21(30)13-28-19-6-7-34(32)22-5-4-15(25)11-18(19)22/h4-5,8-9,11-12,19-21,28,30H,6-7,10,13H2,1-3H3,(H,29,31).